The van der Waals surface area contributed by atoms with E-state index < -0.39 is 0 Å². The Kier molecular flexibility index (Phi) is 6.70. The molecule has 2 rings (SSSR count). The van der Waals surface area contributed by atoms with E-state index in [2.05, 4.69) is 10.6 Å². The lowest BCUT2D eigenvalue weighted by molar-refractivity contribution is 0.391. The lowest BCUT2D eigenvalue weighted by Gasteiger charge is -2.14. The van der Waals surface area contributed by atoms with Crippen molar-refractivity contribution in [1.82, 2.24) is 5.32 Å². The van der Waals surface area contributed by atoms with Crippen LogP contribution < -0.4 is 20.1 Å². The van der Waals surface area contributed by atoms with Crippen LogP contribution in [-0.4, -0.2) is 25.9 Å². The number of thiocarbonyl (C=S) groups is 1. The van der Waals surface area contributed by atoms with Gasteiger partial charge in [-0.1, -0.05) is 23.7 Å². The fraction of sp³-hybridized carbons (Fsp3) is 0.278. The molecular weight excluding hydrogens is 344 g/mol. The second kappa shape index (κ2) is 8.76. The Bertz CT molecular complexity index is 722. The van der Waals surface area contributed by atoms with E-state index in [-0.39, 0.29) is 0 Å². The van der Waals surface area contributed by atoms with Crippen molar-refractivity contribution in [3.8, 4) is 11.5 Å². The first-order valence-electron chi connectivity index (χ1n) is 7.56. The molecule has 0 amide bonds. The third kappa shape index (κ3) is 4.76. The van der Waals surface area contributed by atoms with Crippen LogP contribution in [0.15, 0.2) is 36.4 Å². The van der Waals surface area contributed by atoms with Crippen LogP contribution in [0.3, 0.4) is 0 Å². The number of methoxy groups -OCH3 is 2. The molecule has 0 aliphatic rings. The highest BCUT2D eigenvalue weighted by Gasteiger charge is 2.06. The Morgan fingerprint density at radius 1 is 1.17 bits per heavy atom. The number of rotatable bonds is 6. The van der Waals surface area contributed by atoms with Gasteiger partial charge in [-0.3, -0.25) is 0 Å². The predicted octanol–water partition coefficient (Wildman–Crippen LogP) is 4.19. The number of hydrogen-bond donors (Lipinski definition) is 2. The van der Waals surface area contributed by atoms with Crippen LogP contribution in [0.2, 0.25) is 5.02 Å². The van der Waals surface area contributed by atoms with Gasteiger partial charge in [-0.05, 0) is 54.9 Å². The lowest BCUT2D eigenvalue weighted by atomic mass is 10.1. The Hall–Kier alpha value is -1.98. The maximum Gasteiger partial charge on any atom is 0.170 e. The van der Waals surface area contributed by atoms with E-state index >= 15 is 0 Å². The Morgan fingerprint density at radius 2 is 1.96 bits per heavy atom. The van der Waals surface area contributed by atoms with Gasteiger partial charge < -0.3 is 20.1 Å². The summed E-state index contributed by atoms with van der Waals surface area (Å²) in [7, 11) is 3.29. The topological polar surface area (TPSA) is 42.5 Å². The predicted molar refractivity (Wildman–Crippen MR) is 104 cm³/mol. The largest absolute Gasteiger partial charge is 0.497 e. The van der Waals surface area contributed by atoms with Gasteiger partial charge in [0.25, 0.3) is 0 Å². The first-order chi connectivity index (χ1) is 11.5. The van der Waals surface area contributed by atoms with Crippen LogP contribution in [0.1, 0.15) is 11.1 Å². The van der Waals surface area contributed by atoms with Crippen molar-refractivity contribution in [3.05, 3.63) is 52.5 Å². The summed E-state index contributed by atoms with van der Waals surface area (Å²) in [5, 5.41) is 7.64. The molecule has 0 unspecified atom stereocenters. The Labute approximate surface area is 153 Å². The van der Waals surface area contributed by atoms with Gasteiger partial charge in [0.05, 0.1) is 14.2 Å². The zero-order chi connectivity index (χ0) is 17.5. The molecule has 2 aromatic rings. The molecule has 0 bridgehead atoms. The summed E-state index contributed by atoms with van der Waals surface area (Å²) in [6, 6.07) is 11.5. The minimum absolute atomic E-state index is 0.563. The minimum atomic E-state index is 0.563. The fourth-order valence-electron chi connectivity index (χ4n) is 2.28. The van der Waals surface area contributed by atoms with Crippen LogP contribution in [0.5, 0.6) is 11.5 Å². The van der Waals surface area contributed by atoms with Crippen molar-refractivity contribution < 1.29 is 9.47 Å². The molecule has 0 atom stereocenters. The van der Waals surface area contributed by atoms with Gasteiger partial charge in [0.1, 0.15) is 11.5 Å². The highest BCUT2D eigenvalue weighted by Crippen LogP contribution is 2.25. The highest BCUT2D eigenvalue weighted by molar-refractivity contribution is 7.80. The van der Waals surface area contributed by atoms with Gasteiger partial charge in [-0.2, -0.15) is 0 Å². The Morgan fingerprint density at radius 3 is 2.67 bits per heavy atom. The average molecular weight is 365 g/mol. The molecule has 0 aliphatic carbocycles. The van der Waals surface area contributed by atoms with E-state index in [9.17, 15) is 0 Å². The van der Waals surface area contributed by atoms with E-state index in [1.54, 1.807) is 14.2 Å². The molecule has 0 heterocycles. The van der Waals surface area contributed by atoms with Crippen LogP contribution in [0, 0.1) is 6.92 Å². The molecule has 128 valence electrons. The van der Waals surface area contributed by atoms with Crippen LogP contribution in [-0.2, 0) is 6.42 Å². The smallest absolute Gasteiger partial charge is 0.170 e. The molecule has 0 saturated heterocycles. The molecule has 0 aliphatic heterocycles. The van der Waals surface area contributed by atoms with Crippen molar-refractivity contribution in [1.29, 1.82) is 0 Å². The molecule has 24 heavy (non-hydrogen) atoms. The van der Waals surface area contributed by atoms with Crippen LogP contribution >= 0.6 is 23.8 Å². The third-order valence-corrected chi connectivity index (χ3v) is 4.35. The molecule has 2 aromatic carbocycles. The van der Waals surface area contributed by atoms with Crippen molar-refractivity contribution in [2.75, 3.05) is 26.1 Å². The first kappa shape index (κ1) is 18.4. The summed E-state index contributed by atoms with van der Waals surface area (Å²) in [6.07, 6.45) is 0.781. The summed E-state index contributed by atoms with van der Waals surface area (Å²) >= 11 is 11.5. The van der Waals surface area contributed by atoms with Gasteiger partial charge >= 0.3 is 0 Å². The number of hydrogen-bond acceptors (Lipinski definition) is 3. The summed E-state index contributed by atoms with van der Waals surface area (Å²) in [4.78, 5) is 0. The monoisotopic (exact) mass is 364 g/mol. The van der Waals surface area contributed by atoms with Crippen molar-refractivity contribution in [2.45, 2.75) is 13.3 Å². The third-order valence-electron chi connectivity index (χ3n) is 3.69. The number of benzene rings is 2. The normalized spacial score (nSPS) is 10.2. The summed E-state index contributed by atoms with van der Waals surface area (Å²) in [5.41, 5.74) is 2.97. The van der Waals surface area contributed by atoms with E-state index in [4.69, 9.17) is 33.3 Å². The molecule has 4 nitrogen and oxygen atoms in total. The van der Waals surface area contributed by atoms with Crippen molar-refractivity contribution >= 4 is 34.6 Å². The van der Waals surface area contributed by atoms with Gasteiger partial charge in [0, 0.05) is 23.3 Å². The second-order valence-electron chi connectivity index (χ2n) is 5.22. The molecule has 0 radical (unpaired) electrons. The van der Waals surface area contributed by atoms with Crippen LogP contribution in [0.4, 0.5) is 5.69 Å². The van der Waals surface area contributed by atoms with Gasteiger partial charge in [-0.15, -0.1) is 0 Å². The van der Waals surface area contributed by atoms with E-state index in [1.807, 2.05) is 43.3 Å². The zero-order valence-electron chi connectivity index (χ0n) is 14.0. The standard InChI is InChI=1S/C18H21ClN2O2S/c1-12-15(19)5-4-6-16(12)21-18(24)20-10-9-13-7-8-14(22-2)11-17(13)23-3/h4-8,11H,9-10H2,1-3H3,(H2,20,21,24). The van der Waals surface area contributed by atoms with Gasteiger partial charge in [-0.25, -0.2) is 0 Å². The maximum absolute atomic E-state index is 6.11. The highest BCUT2D eigenvalue weighted by atomic mass is 35.5. The summed E-state index contributed by atoms with van der Waals surface area (Å²) < 4.78 is 10.6. The Balaban J connectivity index is 1.90. The minimum Gasteiger partial charge on any atom is -0.497 e. The van der Waals surface area contributed by atoms with Crippen molar-refractivity contribution in [2.24, 2.45) is 0 Å². The molecule has 6 heteroatoms. The first-order valence-corrected chi connectivity index (χ1v) is 8.34. The quantitative estimate of drug-likeness (QED) is 0.752. The molecule has 0 spiro atoms. The molecule has 0 fully saturated rings. The average Bonchev–Trinajstić information content (AvgIpc) is 2.59. The lowest BCUT2D eigenvalue weighted by Crippen LogP contribution is -2.30. The van der Waals surface area contributed by atoms with Gasteiger partial charge in [0.2, 0.25) is 0 Å². The number of halogens is 1. The van der Waals surface area contributed by atoms with Gasteiger partial charge in [0.15, 0.2) is 5.11 Å². The fourth-order valence-corrected chi connectivity index (χ4v) is 2.67. The molecular formula is C18H21ClN2O2S. The van der Waals surface area contributed by atoms with Crippen LogP contribution in [0.25, 0.3) is 0 Å². The van der Waals surface area contributed by atoms with E-state index in [1.165, 1.54) is 0 Å². The number of ether oxygens (including phenoxy) is 2. The van der Waals surface area contributed by atoms with E-state index in [0.717, 1.165) is 34.7 Å². The second-order valence-corrected chi connectivity index (χ2v) is 6.04. The van der Waals surface area contributed by atoms with E-state index in [0.29, 0.717) is 16.7 Å². The zero-order valence-corrected chi connectivity index (χ0v) is 15.6. The number of nitrogens with one attached hydrogen (secondary N) is 2. The maximum atomic E-state index is 6.11. The summed E-state index contributed by atoms with van der Waals surface area (Å²) in [5.74, 6) is 1.58. The molecule has 0 aromatic heterocycles. The molecule has 0 saturated carbocycles. The SMILES string of the molecule is COc1ccc(CCNC(=S)Nc2cccc(Cl)c2C)c(OC)c1. The van der Waals surface area contributed by atoms with Crippen molar-refractivity contribution in [3.63, 3.8) is 0 Å². The molecule has 2 N–H and O–H groups in total. The number of anilines is 1. The summed E-state index contributed by atoms with van der Waals surface area (Å²) in [6.45, 7) is 2.64.